The van der Waals surface area contributed by atoms with Crippen molar-refractivity contribution in [2.24, 2.45) is 11.7 Å². The number of benzene rings is 1. The van der Waals surface area contributed by atoms with Crippen molar-refractivity contribution >= 4 is 5.91 Å². The Morgan fingerprint density at radius 3 is 2.75 bits per heavy atom. The second-order valence-electron chi connectivity index (χ2n) is 6.01. The highest BCUT2D eigenvalue weighted by molar-refractivity contribution is 5.97. The molecule has 1 saturated carbocycles. The molecule has 0 radical (unpaired) electrons. The predicted octanol–water partition coefficient (Wildman–Crippen LogP) is 2.22. The molecule has 0 bridgehead atoms. The van der Waals surface area contributed by atoms with Gasteiger partial charge in [0.2, 0.25) is 0 Å². The van der Waals surface area contributed by atoms with Gasteiger partial charge in [-0.15, -0.1) is 0 Å². The van der Waals surface area contributed by atoms with Gasteiger partial charge in [-0.05, 0) is 51.7 Å². The maximum absolute atomic E-state index is 12.5. The number of aryl methyl sites for hydroxylation is 1. The third kappa shape index (κ3) is 3.40. The molecular formula is C17H22N2O. The van der Waals surface area contributed by atoms with Crippen LogP contribution < -0.4 is 11.1 Å². The van der Waals surface area contributed by atoms with Crippen LogP contribution in [0.3, 0.4) is 0 Å². The van der Waals surface area contributed by atoms with Crippen LogP contribution in [0.2, 0.25) is 0 Å². The Bertz CT molecular complexity index is 574. The van der Waals surface area contributed by atoms with Crippen molar-refractivity contribution in [3.63, 3.8) is 0 Å². The van der Waals surface area contributed by atoms with E-state index in [0.717, 1.165) is 11.1 Å². The summed E-state index contributed by atoms with van der Waals surface area (Å²) < 4.78 is 0. The normalized spacial score (nSPS) is 14.4. The van der Waals surface area contributed by atoms with Gasteiger partial charge in [-0.2, -0.15) is 0 Å². The highest BCUT2D eigenvalue weighted by Gasteiger charge is 2.39. The third-order valence-electron chi connectivity index (χ3n) is 3.78. The second kappa shape index (κ2) is 5.68. The topological polar surface area (TPSA) is 55.1 Å². The van der Waals surface area contributed by atoms with Crippen LogP contribution in [-0.2, 0) is 0 Å². The van der Waals surface area contributed by atoms with Crippen molar-refractivity contribution in [3.05, 3.63) is 34.9 Å². The molecule has 2 rings (SSSR count). The van der Waals surface area contributed by atoms with Crippen LogP contribution in [0, 0.1) is 24.7 Å². The fraction of sp³-hybridized carbons (Fsp3) is 0.471. The van der Waals surface area contributed by atoms with E-state index < -0.39 is 0 Å². The average Bonchev–Trinajstić information content (AvgIpc) is 3.21. The Labute approximate surface area is 120 Å². The lowest BCUT2D eigenvalue weighted by atomic mass is 9.97. The molecule has 0 atom stereocenters. The van der Waals surface area contributed by atoms with E-state index in [9.17, 15) is 4.79 Å². The predicted molar refractivity (Wildman–Crippen MR) is 81.4 cm³/mol. The number of amides is 1. The van der Waals surface area contributed by atoms with Gasteiger partial charge in [0.25, 0.3) is 5.91 Å². The number of carbonyl (C=O) groups excluding carboxylic acids is 1. The highest BCUT2D eigenvalue weighted by Crippen LogP contribution is 2.39. The molecule has 106 valence electrons. The molecule has 1 aliphatic rings. The van der Waals surface area contributed by atoms with Crippen LogP contribution in [0.15, 0.2) is 18.2 Å². The number of carbonyl (C=O) groups is 1. The van der Waals surface area contributed by atoms with Gasteiger partial charge in [-0.3, -0.25) is 4.79 Å². The van der Waals surface area contributed by atoms with Gasteiger partial charge in [-0.25, -0.2) is 0 Å². The van der Waals surface area contributed by atoms with E-state index >= 15 is 0 Å². The minimum atomic E-state index is -0.153. The van der Waals surface area contributed by atoms with Crippen LogP contribution in [0.5, 0.6) is 0 Å². The zero-order chi connectivity index (χ0) is 14.8. The molecule has 1 amide bonds. The summed E-state index contributed by atoms with van der Waals surface area (Å²) in [5, 5.41) is 3.14. The van der Waals surface area contributed by atoms with Crippen molar-refractivity contribution in [3.8, 4) is 11.8 Å². The second-order valence-corrected chi connectivity index (χ2v) is 6.01. The lowest BCUT2D eigenvalue weighted by molar-refractivity contribution is 0.0903. The van der Waals surface area contributed by atoms with Gasteiger partial charge in [0.15, 0.2) is 0 Å². The minimum absolute atomic E-state index is 0.0491. The molecule has 3 heteroatoms. The molecule has 0 unspecified atom stereocenters. The Morgan fingerprint density at radius 2 is 2.15 bits per heavy atom. The van der Waals surface area contributed by atoms with Gasteiger partial charge in [0.1, 0.15) is 0 Å². The number of hydrogen-bond acceptors (Lipinski definition) is 2. The molecule has 0 saturated heterocycles. The first-order chi connectivity index (χ1) is 9.44. The lowest BCUT2D eigenvalue weighted by Gasteiger charge is -2.26. The molecular weight excluding hydrogens is 248 g/mol. The number of hydrogen-bond donors (Lipinski definition) is 2. The van der Waals surface area contributed by atoms with Crippen molar-refractivity contribution < 1.29 is 4.79 Å². The molecule has 3 nitrogen and oxygen atoms in total. The molecule has 20 heavy (non-hydrogen) atoms. The first-order valence-corrected chi connectivity index (χ1v) is 7.06. The molecule has 0 spiro atoms. The van der Waals surface area contributed by atoms with Crippen molar-refractivity contribution in [2.45, 2.75) is 39.2 Å². The van der Waals surface area contributed by atoms with E-state index in [4.69, 9.17) is 5.73 Å². The maximum atomic E-state index is 12.5. The molecule has 0 aromatic heterocycles. The summed E-state index contributed by atoms with van der Waals surface area (Å²) in [5.41, 5.74) is 7.69. The van der Waals surface area contributed by atoms with Crippen LogP contribution >= 0.6 is 0 Å². The number of nitrogens with one attached hydrogen (secondary N) is 1. The molecule has 1 aromatic rings. The summed E-state index contributed by atoms with van der Waals surface area (Å²) in [5.74, 6) is 6.33. The zero-order valence-electron chi connectivity index (χ0n) is 12.4. The standard InChI is InChI=1S/C17H22N2O/c1-12-6-7-13(5-4-10-18)15(11-12)16(20)19-17(2,3)14-8-9-14/h6-7,11,14H,8-10,18H2,1-3H3,(H,19,20). The summed E-state index contributed by atoms with van der Waals surface area (Å²) in [7, 11) is 0. The summed E-state index contributed by atoms with van der Waals surface area (Å²) in [6, 6.07) is 5.74. The van der Waals surface area contributed by atoms with Crippen LogP contribution in [0.4, 0.5) is 0 Å². The van der Waals surface area contributed by atoms with Crippen molar-refractivity contribution in [1.29, 1.82) is 0 Å². The largest absolute Gasteiger partial charge is 0.347 e. The quantitative estimate of drug-likeness (QED) is 0.828. The highest BCUT2D eigenvalue weighted by atomic mass is 16.1. The minimum Gasteiger partial charge on any atom is -0.347 e. The van der Waals surface area contributed by atoms with E-state index in [0.29, 0.717) is 18.0 Å². The first-order valence-electron chi connectivity index (χ1n) is 7.06. The molecule has 0 aliphatic heterocycles. The van der Waals surface area contributed by atoms with Gasteiger partial charge in [-0.1, -0.05) is 23.5 Å². The molecule has 1 fully saturated rings. The fourth-order valence-corrected chi connectivity index (χ4v) is 2.37. The molecule has 1 aliphatic carbocycles. The van der Waals surface area contributed by atoms with E-state index in [2.05, 4.69) is 31.0 Å². The SMILES string of the molecule is Cc1ccc(C#CCN)c(C(=O)NC(C)(C)C2CC2)c1. The maximum Gasteiger partial charge on any atom is 0.252 e. The smallest absolute Gasteiger partial charge is 0.252 e. The average molecular weight is 270 g/mol. The summed E-state index contributed by atoms with van der Waals surface area (Å²) in [4.78, 5) is 12.5. The van der Waals surface area contributed by atoms with Gasteiger partial charge in [0, 0.05) is 11.1 Å². The molecule has 3 N–H and O–H groups in total. The van der Waals surface area contributed by atoms with Gasteiger partial charge in [0.05, 0.1) is 12.1 Å². The Kier molecular flexibility index (Phi) is 4.15. The summed E-state index contributed by atoms with van der Waals surface area (Å²) in [6.45, 7) is 6.44. The Balaban J connectivity index is 2.26. The fourth-order valence-electron chi connectivity index (χ4n) is 2.37. The zero-order valence-corrected chi connectivity index (χ0v) is 12.4. The van der Waals surface area contributed by atoms with Gasteiger partial charge >= 0.3 is 0 Å². The van der Waals surface area contributed by atoms with E-state index in [1.807, 2.05) is 25.1 Å². The Morgan fingerprint density at radius 1 is 1.45 bits per heavy atom. The van der Waals surface area contributed by atoms with Crippen LogP contribution in [0.1, 0.15) is 48.2 Å². The molecule has 0 heterocycles. The van der Waals surface area contributed by atoms with Crippen LogP contribution in [0.25, 0.3) is 0 Å². The Hall–Kier alpha value is -1.79. The third-order valence-corrected chi connectivity index (χ3v) is 3.78. The van der Waals surface area contributed by atoms with E-state index in [1.54, 1.807) is 0 Å². The monoisotopic (exact) mass is 270 g/mol. The van der Waals surface area contributed by atoms with E-state index in [1.165, 1.54) is 12.8 Å². The van der Waals surface area contributed by atoms with Gasteiger partial charge < -0.3 is 11.1 Å². The molecule has 1 aromatic carbocycles. The van der Waals surface area contributed by atoms with E-state index in [-0.39, 0.29) is 11.4 Å². The van der Waals surface area contributed by atoms with Crippen molar-refractivity contribution in [1.82, 2.24) is 5.32 Å². The lowest BCUT2D eigenvalue weighted by Crippen LogP contribution is -2.45. The first kappa shape index (κ1) is 14.6. The summed E-state index contributed by atoms with van der Waals surface area (Å²) >= 11 is 0. The van der Waals surface area contributed by atoms with Crippen molar-refractivity contribution in [2.75, 3.05) is 6.54 Å². The number of rotatable bonds is 3. The summed E-state index contributed by atoms with van der Waals surface area (Å²) in [6.07, 6.45) is 2.39. The van der Waals surface area contributed by atoms with Crippen LogP contribution in [-0.4, -0.2) is 18.0 Å². The number of nitrogens with two attached hydrogens (primary N) is 1.